The number of benzene rings is 2. The van der Waals surface area contributed by atoms with Gasteiger partial charge < -0.3 is 19.0 Å². The van der Waals surface area contributed by atoms with E-state index in [1.165, 1.54) is 11.1 Å². The summed E-state index contributed by atoms with van der Waals surface area (Å²) in [7, 11) is 0. The average Bonchev–Trinajstić information content (AvgIpc) is 3.19. The Morgan fingerprint density at radius 1 is 1.12 bits per heavy atom. The molecule has 0 radical (unpaired) electrons. The van der Waals surface area contributed by atoms with Crippen LogP contribution in [0, 0.1) is 6.92 Å². The molecule has 0 saturated carbocycles. The van der Waals surface area contributed by atoms with Gasteiger partial charge in [-0.3, -0.25) is 0 Å². The van der Waals surface area contributed by atoms with Crippen molar-refractivity contribution in [1.82, 2.24) is 4.98 Å². The lowest BCUT2D eigenvalue weighted by molar-refractivity contribution is -0.149. The molecule has 0 spiro atoms. The summed E-state index contributed by atoms with van der Waals surface area (Å²) in [6, 6.07) is 13.8. The molecule has 1 atom stereocenters. The third kappa shape index (κ3) is 4.86. The predicted molar refractivity (Wildman–Crippen MR) is 121 cm³/mol. The van der Waals surface area contributed by atoms with Crippen molar-refractivity contribution in [2.24, 2.45) is 0 Å². The van der Waals surface area contributed by atoms with Gasteiger partial charge in [-0.1, -0.05) is 24.3 Å². The number of rotatable bonds is 9. The van der Waals surface area contributed by atoms with E-state index in [9.17, 15) is 9.90 Å². The molecule has 1 aliphatic carbocycles. The molecular formula is C26H29NO5. The number of ether oxygens (including phenoxy) is 2. The number of aryl methyl sites for hydroxylation is 1. The first-order chi connectivity index (χ1) is 15.6. The topological polar surface area (TPSA) is 81.8 Å². The van der Waals surface area contributed by atoms with Gasteiger partial charge in [-0.25, -0.2) is 9.78 Å². The van der Waals surface area contributed by atoms with Crippen molar-refractivity contribution in [3.05, 3.63) is 70.6 Å². The van der Waals surface area contributed by atoms with Crippen LogP contribution in [0.2, 0.25) is 0 Å². The van der Waals surface area contributed by atoms with Gasteiger partial charge in [0.25, 0.3) is 0 Å². The van der Waals surface area contributed by atoms with E-state index >= 15 is 0 Å². The Morgan fingerprint density at radius 3 is 2.59 bits per heavy atom. The number of carbonyl (C=O) groups is 1. The molecule has 2 aromatic carbocycles. The highest BCUT2D eigenvalue weighted by molar-refractivity contribution is 5.73. The van der Waals surface area contributed by atoms with Crippen LogP contribution >= 0.6 is 0 Å². The summed E-state index contributed by atoms with van der Waals surface area (Å²) in [5.41, 5.74) is 5.14. The molecule has 1 unspecified atom stereocenters. The Hall–Kier alpha value is -3.12. The minimum atomic E-state index is -0.924. The van der Waals surface area contributed by atoms with Gasteiger partial charge in [0.05, 0.1) is 0 Å². The number of aromatic nitrogens is 1. The van der Waals surface area contributed by atoms with Gasteiger partial charge in [0.15, 0.2) is 6.10 Å². The molecule has 0 aliphatic heterocycles. The van der Waals surface area contributed by atoms with E-state index in [2.05, 4.69) is 4.98 Å². The van der Waals surface area contributed by atoms with Crippen LogP contribution < -0.4 is 4.74 Å². The van der Waals surface area contributed by atoms with Crippen molar-refractivity contribution >= 4 is 5.97 Å². The minimum Gasteiger partial charge on any atom is -0.487 e. The highest BCUT2D eigenvalue weighted by Crippen LogP contribution is 2.34. The molecule has 3 aromatic rings. The zero-order valence-electron chi connectivity index (χ0n) is 18.6. The smallest absolute Gasteiger partial charge is 0.333 e. The summed E-state index contributed by atoms with van der Waals surface area (Å²) in [6.45, 7) is 4.42. The molecule has 6 nitrogen and oxygen atoms in total. The Balaban J connectivity index is 1.54. The Morgan fingerprint density at radius 2 is 1.88 bits per heavy atom. The average molecular weight is 436 g/mol. The molecule has 4 rings (SSSR count). The van der Waals surface area contributed by atoms with Crippen molar-refractivity contribution in [3.8, 4) is 17.2 Å². The van der Waals surface area contributed by atoms with Crippen LogP contribution in [0.1, 0.15) is 47.9 Å². The maximum atomic E-state index is 11.6. The molecule has 6 heteroatoms. The normalized spacial score (nSPS) is 14.1. The first-order valence-corrected chi connectivity index (χ1v) is 11.2. The van der Waals surface area contributed by atoms with E-state index < -0.39 is 12.1 Å². The number of hydrogen-bond acceptors (Lipinski definition) is 5. The summed E-state index contributed by atoms with van der Waals surface area (Å²) < 4.78 is 17.5. The number of nitrogens with zero attached hydrogens (tertiary/aromatic N) is 1. The van der Waals surface area contributed by atoms with Gasteiger partial charge in [0.1, 0.15) is 23.8 Å². The van der Waals surface area contributed by atoms with Crippen LogP contribution in [-0.4, -0.2) is 28.8 Å². The van der Waals surface area contributed by atoms with Crippen molar-refractivity contribution in [2.75, 3.05) is 6.61 Å². The van der Waals surface area contributed by atoms with E-state index in [1.807, 2.05) is 56.3 Å². The van der Waals surface area contributed by atoms with E-state index in [0.717, 1.165) is 54.0 Å². The second kappa shape index (κ2) is 10.0. The molecular weight excluding hydrogens is 406 g/mol. The third-order valence-corrected chi connectivity index (χ3v) is 5.92. The van der Waals surface area contributed by atoms with Gasteiger partial charge in [0.2, 0.25) is 5.89 Å². The monoisotopic (exact) mass is 435 g/mol. The number of oxazole rings is 1. The van der Waals surface area contributed by atoms with E-state index in [-0.39, 0.29) is 0 Å². The van der Waals surface area contributed by atoms with Crippen molar-refractivity contribution in [1.29, 1.82) is 0 Å². The molecule has 1 N–H and O–H groups in total. The fourth-order valence-corrected chi connectivity index (χ4v) is 4.27. The van der Waals surface area contributed by atoms with Crippen LogP contribution in [0.5, 0.6) is 5.75 Å². The second-order valence-corrected chi connectivity index (χ2v) is 8.05. The summed E-state index contributed by atoms with van der Waals surface area (Å²) >= 11 is 0. The lowest BCUT2D eigenvalue weighted by atomic mass is 9.86. The maximum Gasteiger partial charge on any atom is 0.333 e. The van der Waals surface area contributed by atoms with E-state index in [0.29, 0.717) is 25.5 Å². The molecule has 168 valence electrons. The fraction of sp³-hybridized carbons (Fsp3) is 0.385. The minimum absolute atomic E-state index is 0.324. The molecule has 0 amide bonds. The summed E-state index contributed by atoms with van der Waals surface area (Å²) in [6.07, 6.45) is 3.60. The molecule has 32 heavy (non-hydrogen) atoms. The van der Waals surface area contributed by atoms with Crippen LogP contribution in [0.25, 0.3) is 11.5 Å². The van der Waals surface area contributed by atoms with E-state index in [4.69, 9.17) is 13.9 Å². The highest BCUT2D eigenvalue weighted by atomic mass is 16.5. The van der Waals surface area contributed by atoms with Gasteiger partial charge in [-0.15, -0.1) is 0 Å². The van der Waals surface area contributed by atoms with Crippen LogP contribution in [-0.2, 0) is 35.4 Å². The van der Waals surface area contributed by atoms with Gasteiger partial charge in [-0.2, -0.15) is 0 Å². The molecule has 1 heterocycles. The SMILES string of the molecule is CCOC(Cc1ccc(OCc2nc(-c3ccccc3)oc2C)c2c1CCCC2)C(=O)O. The Kier molecular flexibility index (Phi) is 6.90. The Bertz CT molecular complexity index is 1070. The molecule has 0 saturated heterocycles. The quantitative estimate of drug-likeness (QED) is 0.501. The lowest BCUT2D eigenvalue weighted by Crippen LogP contribution is -2.27. The van der Waals surface area contributed by atoms with Crippen molar-refractivity contribution < 1.29 is 23.8 Å². The first-order valence-electron chi connectivity index (χ1n) is 11.2. The zero-order chi connectivity index (χ0) is 22.5. The largest absolute Gasteiger partial charge is 0.487 e. The number of carboxylic acid groups (broad SMARTS) is 1. The third-order valence-electron chi connectivity index (χ3n) is 5.92. The Labute approximate surface area is 188 Å². The predicted octanol–water partition coefficient (Wildman–Crippen LogP) is 5.14. The first kappa shape index (κ1) is 22.1. The molecule has 1 aliphatic rings. The summed E-state index contributed by atoms with van der Waals surface area (Å²) in [4.78, 5) is 16.2. The van der Waals surface area contributed by atoms with Gasteiger partial charge in [-0.05, 0) is 74.4 Å². The second-order valence-electron chi connectivity index (χ2n) is 8.05. The fourth-order valence-electron chi connectivity index (χ4n) is 4.27. The number of fused-ring (bicyclic) bond motifs is 1. The summed E-state index contributed by atoms with van der Waals surface area (Å²) in [5, 5.41) is 9.48. The van der Waals surface area contributed by atoms with Crippen molar-refractivity contribution in [2.45, 2.75) is 58.7 Å². The maximum absolute atomic E-state index is 11.6. The van der Waals surface area contributed by atoms with Gasteiger partial charge in [0, 0.05) is 18.6 Å². The van der Waals surface area contributed by atoms with E-state index in [1.54, 1.807) is 0 Å². The van der Waals surface area contributed by atoms with Crippen LogP contribution in [0.15, 0.2) is 46.9 Å². The summed E-state index contributed by atoms with van der Waals surface area (Å²) in [5.74, 6) is 1.26. The number of aliphatic carboxylic acids is 1. The molecule has 1 aromatic heterocycles. The van der Waals surface area contributed by atoms with Crippen molar-refractivity contribution in [3.63, 3.8) is 0 Å². The molecule has 0 bridgehead atoms. The number of carboxylic acids is 1. The highest BCUT2D eigenvalue weighted by Gasteiger charge is 2.24. The van der Waals surface area contributed by atoms with Gasteiger partial charge >= 0.3 is 5.97 Å². The zero-order valence-corrected chi connectivity index (χ0v) is 18.6. The van der Waals surface area contributed by atoms with Crippen LogP contribution in [0.3, 0.4) is 0 Å². The van der Waals surface area contributed by atoms with Crippen LogP contribution in [0.4, 0.5) is 0 Å². The molecule has 0 fully saturated rings. The lowest BCUT2D eigenvalue weighted by Gasteiger charge is -2.24. The standard InChI is InChI=1S/C26H29NO5/c1-3-30-24(26(28)29)15-19-13-14-23(21-12-8-7-11-20(19)21)31-16-22-17(2)32-25(27-22)18-9-5-4-6-10-18/h4-6,9-10,13-14,24H,3,7-8,11-12,15-16H2,1-2H3,(H,28,29). The number of hydrogen-bond donors (Lipinski definition) is 1.